The Balaban J connectivity index is 2.38. The molecule has 1 amide bonds. The minimum atomic E-state index is -0.526. The summed E-state index contributed by atoms with van der Waals surface area (Å²) in [4.78, 5) is 17.2. The Morgan fingerprint density at radius 3 is 2.78 bits per heavy atom. The molecule has 4 nitrogen and oxygen atoms in total. The number of nitrogens with zero attached hydrogens (tertiary/aromatic N) is 2. The van der Waals surface area contributed by atoms with E-state index in [0.29, 0.717) is 16.4 Å². The van der Waals surface area contributed by atoms with Crippen LogP contribution in [-0.2, 0) is 4.79 Å². The van der Waals surface area contributed by atoms with Gasteiger partial charge in [0.05, 0.1) is 0 Å². The maximum absolute atomic E-state index is 12.8. The van der Waals surface area contributed by atoms with E-state index in [-0.39, 0.29) is 11.7 Å². The summed E-state index contributed by atoms with van der Waals surface area (Å²) in [6.07, 6.45) is 3.31. The molecule has 0 spiro atoms. The molecule has 0 aromatic heterocycles. The fourth-order valence-electron chi connectivity index (χ4n) is 1.59. The highest BCUT2D eigenvalue weighted by Crippen LogP contribution is 2.26. The number of benzene rings is 1. The fourth-order valence-corrected chi connectivity index (χ4v) is 2.14. The summed E-state index contributed by atoms with van der Waals surface area (Å²) >= 11 is 1.36. The molecule has 0 fully saturated rings. The number of carbonyl (C=O) groups excluding carboxylic acids is 1. The van der Waals surface area contributed by atoms with E-state index in [1.807, 2.05) is 6.26 Å². The van der Waals surface area contributed by atoms with Gasteiger partial charge < -0.3 is 10.0 Å². The molecule has 1 aliphatic heterocycles. The number of aromatic hydroxyl groups is 1. The summed E-state index contributed by atoms with van der Waals surface area (Å²) in [5.41, 5.74) is 0.727. The number of amides is 1. The molecule has 0 saturated heterocycles. The first-order valence-corrected chi connectivity index (χ1v) is 6.36. The highest BCUT2D eigenvalue weighted by molar-refractivity contribution is 8.13. The number of phenolic OH excluding ortho intramolecular Hbond substituents is 1. The summed E-state index contributed by atoms with van der Waals surface area (Å²) in [7, 11) is 1.71. The van der Waals surface area contributed by atoms with Crippen molar-refractivity contribution in [1.82, 2.24) is 4.90 Å². The van der Waals surface area contributed by atoms with Gasteiger partial charge in [-0.25, -0.2) is 4.39 Å². The summed E-state index contributed by atoms with van der Waals surface area (Å²) in [6.45, 7) is 0. The van der Waals surface area contributed by atoms with Crippen molar-refractivity contribution in [3.05, 3.63) is 35.3 Å². The molecule has 1 N–H and O–H groups in total. The molecule has 1 aliphatic rings. The third-order valence-electron chi connectivity index (χ3n) is 2.53. The van der Waals surface area contributed by atoms with Gasteiger partial charge in [0.1, 0.15) is 17.3 Å². The van der Waals surface area contributed by atoms with Gasteiger partial charge in [-0.05, 0) is 24.5 Å². The molecule has 0 unspecified atom stereocenters. The van der Waals surface area contributed by atoms with Crippen molar-refractivity contribution in [2.45, 2.75) is 0 Å². The number of likely N-dealkylation sites (N-methyl/N-ethyl adjacent to an activating group) is 1. The van der Waals surface area contributed by atoms with Crippen LogP contribution in [0.4, 0.5) is 4.39 Å². The van der Waals surface area contributed by atoms with Crippen molar-refractivity contribution in [1.29, 1.82) is 0 Å². The topological polar surface area (TPSA) is 52.9 Å². The van der Waals surface area contributed by atoms with Gasteiger partial charge in [-0.1, -0.05) is 11.8 Å². The van der Waals surface area contributed by atoms with Crippen LogP contribution in [0.2, 0.25) is 0 Å². The predicted octanol–water partition coefficient (Wildman–Crippen LogP) is 2.06. The first-order valence-electron chi connectivity index (χ1n) is 5.14. The van der Waals surface area contributed by atoms with Gasteiger partial charge in [0.2, 0.25) is 0 Å². The van der Waals surface area contributed by atoms with E-state index in [0.717, 1.165) is 6.07 Å². The second kappa shape index (κ2) is 4.81. The second-order valence-electron chi connectivity index (χ2n) is 3.70. The van der Waals surface area contributed by atoms with Crippen LogP contribution in [0.3, 0.4) is 0 Å². The van der Waals surface area contributed by atoms with Gasteiger partial charge in [0.25, 0.3) is 5.91 Å². The standard InChI is InChI=1S/C12H11FN2O2S/c1-15-9(11(17)14-12(15)18-2)5-7-3-4-8(13)6-10(7)16/h3-6,16H,1-2H3. The Kier molecular flexibility index (Phi) is 3.38. The average molecular weight is 266 g/mol. The quantitative estimate of drug-likeness (QED) is 0.791. The zero-order valence-electron chi connectivity index (χ0n) is 9.85. The number of halogens is 1. The minimum absolute atomic E-state index is 0.207. The normalized spacial score (nSPS) is 17.5. The van der Waals surface area contributed by atoms with E-state index in [1.165, 1.54) is 30.0 Å². The van der Waals surface area contributed by atoms with Crippen LogP contribution < -0.4 is 0 Å². The van der Waals surface area contributed by atoms with Crippen LogP contribution in [0.15, 0.2) is 28.9 Å². The SMILES string of the molecule is CSC1=NC(=O)C(=Cc2ccc(F)cc2O)N1C. The van der Waals surface area contributed by atoms with Gasteiger partial charge in [0.15, 0.2) is 5.17 Å². The zero-order valence-corrected chi connectivity index (χ0v) is 10.7. The molecular weight excluding hydrogens is 255 g/mol. The van der Waals surface area contributed by atoms with E-state index in [2.05, 4.69) is 4.99 Å². The molecular formula is C12H11FN2O2S. The summed E-state index contributed by atoms with van der Waals surface area (Å²) in [6, 6.07) is 3.64. The van der Waals surface area contributed by atoms with Crippen molar-refractivity contribution >= 4 is 28.9 Å². The maximum atomic E-state index is 12.8. The molecule has 0 bridgehead atoms. The molecule has 0 radical (unpaired) electrons. The van der Waals surface area contributed by atoms with Crippen LogP contribution in [0, 0.1) is 5.82 Å². The molecule has 94 valence electrons. The third-order valence-corrected chi connectivity index (χ3v) is 3.26. The van der Waals surface area contributed by atoms with Crippen molar-refractivity contribution in [2.75, 3.05) is 13.3 Å². The van der Waals surface area contributed by atoms with Crippen molar-refractivity contribution in [3.63, 3.8) is 0 Å². The lowest BCUT2D eigenvalue weighted by Gasteiger charge is -2.13. The number of amidine groups is 1. The third kappa shape index (κ3) is 2.24. The number of aliphatic imine (C=N–C) groups is 1. The Morgan fingerprint density at radius 1 is 1.50 bits per heavy atom. The highest BCUT2D eigenvalue weighted by Gasteiger charge is 2.25. The molecule has 0 atom stereocenters. The number of thioether (sulfide) groups is 1. The van der Waals surface area contributed by atoms with E-state index < -0.39 is 5.82 Å². The van der Waals surface area contributed by atoms with Gasteiger partial charge in [-0.2, -0.15) is 4.99 Å². The number of hydrogen-bond acceptors (Lipinski definition) is 4. The largest absolute Gasteiger partial charge is 0.507 e. The molecule has 18 heavy (non-hydrogen) atoms. The van der Waals surface area contributed by atoms with Crippen LogP contribution in [0.25, 0.3) is 6.08 Å². The zero-order chi connectivity index (χ0) is 13.3. The van der Waals surface area contributed by atoms with Crippen LogP contribution in [0.5, 0.6) is 5.75 Å². The Hall–Kier alpha value is -1.82. The van der Waals surface area contributed by atoms with Crippen molar-refractivity contribution in [3.8, 4) is 5.75 Å². The molecule has 2 rings (SSSR count). The number of phenols is 1. The van der Waals surface area contributed by atoms with Gasteiger partial charge >= 0.3 is 0 Å². The summed E-state index contributed by atoms with van der Waals surface area (Å²) in [5, 5.41) is 10.2. The summed E-state index contributed by atoms with van der Waals surface area (Å²) in [5.74, 6) is -1.10. The monoisotopic (exact) mass is 266 g/mol. The number of rotatable bonds is 1. The molecule has 0 saturated carbocycles. The molecule has 0 aliphatic carbocycles. The highest BCUT2D eigenvalue weighted by atomic mass is 32.2. The van der Waals surface area contributed by atoms with Gasteiger partial charge in [-0.3, -0.25) is 4.79 Å². The lowest BCUT2D eigenvalue weighted by molar-refractivity contribution is -0.114. The second-order valence-corrected chi connectivity index (χ2v) is 4.47. The molecule has 1 aromatic rings. The van der Waals surface area contributed by atoms with E-state index in [4.69, 9.17) is 0 Å². The Labute approximate surface area is 108 Å². The fraction of sp³-hybridized carbons (Fsp3) is 0.167. The van der Waals surface area contributed by atoms with Gasteiger partial charge in [-0.15, -0.1) is 0 Å². The van der Waals surface area contributed by atoms with Crippen molar-refractivity contribution < 1.29 is 14.3 Å². The van der Waals surface area contributed by atoms with E-state index in [9.17, 15) is 14.3 Å². The smallest absolute Gasteiger partial charge is 0.296 e. The predicted molar refractivity (Wildman–Crippen MR) is 69.8 cm³/mol. The minimum Gasteiger partial charge on any atom is -0.507 e. The lowest BCUT2D eigenvalue weighted by atomic mass is 10.1. The van der Waals surface area contributed by atoms with Crippen molar-refractivity contribution in [2.24, 2.45) is 4.99 Å². The molecule has 6 heteroatoms. The maximum Gasteiger partial charge on any atom is 0.296 e. The van der Waals surface area contributed by atoms with E-state index >= 15 is 0 Å². The van der Waals surface area contributed by atoms with Gasteiger partial charge in [0, 0.05) is 18.7 Å². The van der Waals surface area contributed by atoms with E-state index in [1.54, 1.807) is 11.9 Å². The average Bonchev–Trinajstić information content (AvgIpc) is 2.59. The number of hydrogen-bond donors (Lipinski definition) is 1. The number of carbonyl (C=O) groups is 1. The van der Waals surface area contributed by atoms with Crippen LogP contribution >= 0.6 is 11.8 Å². The first kappa shape index (κ1) is 12.6. The van der Waals surface area contributed by atoms with Crippen LogP contribution in [0.1, 0.15) is 5.56 Å². The molecule has 1 heterocycles. The Bertz CT molecular complexity index is 569. The molecule has 1 aromatic carbocycles. The first-order chi connectivity index (χ1) is 8.52. The van der Waals surface area contributed by atoms with Crippen LogP contribution in [-0.4, -0.2) is 34.4 Å². The summed E-state index contributed by atoms with van der Waals surface area (Å²) < 4.78 is 12.8. The lowest BCUT2D eigenvalue weighted by Crippen LogP contribution is -2.18. The Morgan fingerprint density at radius 2 is 2.22 bits per heavy atom.